The molecule has 3 amide bonds. The zero-order chi connectivity index (χ0) is 44.8. The van der Waals surface area contributed by atoms with Crippen molar-refractivity contribution in [1.29, 1.82) is 0 Å². The molecule has 1 aromatic carbocycles. The summed E-state index contributed by atoms with van der Waals surface area (Å²) in [5.74, 6) is -1.68. The van der Waals surface area contributed by atoms with E-state index in [4.69, 9.17) is 30.5 Å². The number of carboxylic acid groups (broad SMARTS) is 2. The van der Waals surface area contributed by atoms with Crippen LogP contribution in [0.3, 0.4) is 0 Å². The van der Waals surface area contributed by atoms with Gasteiger partial charge in [0.1, 0.15) is 5.54 Å². The van der Waals surface area contributed by atoms with Gasteiger partial charge < -0.3 is 57.4 Å². The molecule has 0 bridgehead atoms. The van der Waals surface area contributed by atoms with Gasteiger partial charge in [0.05, 0.1) is 24.2 Å². The molecule has 1 aromatic rings. The Hall–Kier alpha value is -1.61. The fourth-order valence-electron chi connectivity index (χ4n) is 6.37. The van der Waals surface area contributed by atoms with E-state index in [1.807, 2.05) is 57.2 Å². The number of benzene rings is 1. The van der Waals surface area contributed by atoms with Crippen LogP contribution in [0.2, 0.25) is 0 Å². The van der Waals surface area contributed by atoms with E-state index in [9.17, 15) is 24.0 Å². The maximum Gasteiger partial charge on any atom is 1.00 e. The molecule has 360 valence electrons. The summed E-state index contributed by atoms with van der Waals surface area (Å²) in [6.07, 6.45) is 19.7. The largest absolute Gasteiger partial charge is 1.00 e. The van der Waals surface area contributed by atoms with Crippen LogP contribution < -0.4 is 103 Å². The Bertz CT molecular complexity index is 1490. The number of carbonyl (C=O) groups excluding carboxylic acids is 3. The van der Waals surface area contributed by atoms with Crippen LogP contribution >= 0.6 is 0 Å². The maximum atomic E-state index is 11.9. The molecule has 0 spiro atoms. The van der Waals surface area contributed by atoms with E-state index in [2.05, 4.69) is 36.7 Å². The Morgan fingerprint density at radius 3 is 1.34 bits per heavy atom. The van der Waals surface area contributed by atoms with Crippen molar-refractivity contribution in [2.24, 2.45) is 16.6 Å². The Labute approximate surface area is 448 Å². The summed E-state index contributed by atoms with van der Waals surface area (Å²) in [6.45, 7) is 15.2. The zero-order valence-corrected chi connectivity index (χ0v) is 45.2. The Kier molecular flexibility index (Phi) is 39.6. The number of amides is 3. The van der Waals surface area contributed by atoms with Crippen molar-refractivity contribution >= 4 is 41.8 Å². The number of aliphatic hydroxyl groups excluding tert-OH is 1. The molecule has 0 radical (unpaired) electrons. The van der Waals surface area contributed by atoms with Gasteiger partial charge in [0.25, 0.3) is 0 Å². The van der Waals surface area contributed by atoms with Crippen molar-refractivity contribution in [2.75, 3.05) is 25.6 Å². The van der Waals surface area contributed by atoms with Gasteiger partial charge in [-0.15, -0.1) is 0 Å². The molecule has 0 aromatic heterocycles. The normalized spacial score (nSPS) is 18.2. The first kappa shape index (κ1) is 71.4. The van der Waals surface area contributed by atoms with Crippen molar-refractivity contribution in [3.8, 4) is 0 Å². The van der Waals surface area contributed by atoms with Gasteiger partial charge >= 0.3 is 105 Å². The number of anilines is 1. The van der Waals surface area contributed by atoms with Crippen molar-refractivity contribution in [3.05, 3.63) is 35.9 Å². The Morgan fingerprint density at radius 2 is 1.09 bits per heavy atom. The number of aliphatic carboxylic acids is 2. The molecule has 10 N–H and O–H groups in total. The third-order valence-electron chi connectivity index (χ3n) is 11.6. The van der Waals surface area contributed by atoms with E-state index in [0.29, 0.717) is 26.1 Å². The van der Waals surface area contributed by atoms with Crippen molar-refractivity contribution < 1.29 is 141 Å². The Morgan fingerprint density at radius 1 is 0.688 bits per heavy atom. The number of nitrogens with one attached hydrogen (secondary N) is 3. The van der Waals surface area contributed by atoms with Gasteiger partial charge in [0.15, 0.2) is 0 Å². The number of carbonyl (C=O) groups is 5. The number of carboxylic acids is 2. The van der Waals surface area contributed by atoms with Crippen molar-refractivity contribution in [3.63, 3.8) is 0 Å². The van der Waals surface area contributed by atoms with Gasteiger partial charge in [0, 0.05) is 18.3 Å². The van der Waals surface area contributed by atoms with E-state index in [1.54, 1.807) is 6.92 Å². The second kappa shape index (κ2) is 35.5. The second-order valence-electron chi connectivity index (χ2n) is 17.5. The van der Waals surface area contributed by atoms with Crippen LogP contribution in [0.25, 0.3) is 6.08 Å². The number of ether oxygens (including phenoxy) is 2. The zero-order valence-electron chi connectivity index (χ0n) is 40.1. The van der Waals surface area contributed by atoms with Crippen LogP contribution in [0.1, 0.15) is 171 Å². The minimum atomic E-state index is -1.06. The smallest absolute Gasteiger partial charge is 0.870 e. The average Bonchev–Trinajstić information content (AvgIpc) is 3.14. The number of alkyl carbamates (subject to hydrolysis) is 2. The van der Waals surface area contributed by atoms with Gasteiger partial charge in [0.2, 0.25) is 5.91 Å². The summed E-state index contributed by atoms with van der Waals surface area (Å²) in [7, 11) is 1.00. The molecule has 0 atom stereocenters. The molecule has 0 aliphatic heterocycles. The van der Waals surface area contributed by atoms with Crippen LogP contribution in [0.4, 0.5) is 15.3 Å². The molecule has 0 unspecified atom stereocenters. The molecular formula is C46H82KN4NaO12. The molecule has 5 saturated carbocycles. The maximum absolute atomic E-state index is 11.9. The van der Waals surface area contributed by atoms with Crippen molar-refractivity contribution in [2.45, 2.75) is 182 Å². The third kappa shape index (κ3) is 25.5. The molecule has 5 fully saturated rings. The number of hydrogen-bond acceptors (Lipinski definition) is 11. The SMILES string of the molecule is C.C/C=C/c1ccc(NC(=O)C2(N)CCC2)cc1.CC1(C(=O)O)CCC1.CC1(C)CCC1.CCCOC(=O)NC1(C(=O)O)CCC1.CCCOC(=O)NC1(C)CCC1.CO.[K+].[Na+].[OH-].[OH-]. The van der Waals surface area contributed by atoms with Crippen LogP contribution in [0, 0.1) is 10.8 Å². The van der Waals surface area contributed by atoms with Crippen LogP contribution in [0.15, 0.2) is 30.3 Å². The van der Waals surface area contributed by atoms with Crippen molar-refractivity contribution in [1.82, 2.24) is 10.6 Å². The first-order valence-corrected chi connectivity index (χ1v) is 21.4. The van der Waals surface area contributed by atoms with Crippen LogP contribution in [-0.4, -0.2) is 93.2 Å². The number of allylic oxidation sites excluding steroid dienone is 1. The average molecular weight is 945 g/mol. The number of aliphatic hydroxyl groups is 1. The van der Waals surface area contributed by atoms with Gasteiger partial charge in [-0.1, -0.05) is 72.2 Å². The quantitative estimate of drug-likeness (QED) is 0.157. The summed E-state index contributed by atoms with van der Waals surface area (Å²) >= 11 is 0. The fraction of sp³-hybridized carbons (Fsp3) is 0.717. The van der Waals surface area contributed by atoms with E-state index >= 15 is 0 Å². The van der Waals surface area contributed by atoms with E-state index in [-0.39, 0.29) is 122 Å². The fourth-order valence-corrected chi connectivity index (χ4v) is 6.37. The minimum absolute atomic E-state index is 0. The monoisotopic (exact) mass is 945 g/mol. The molecule has 18 heteroatoms. The predicted molar refractivity (Wildman–Crippen MR) is 243 cm³/mol. The van der Waals surface area contributed by atoms with Gasteiger partial charge in [-0.25, -0.2) is 14.4 Å². The second-order valence-corrected chi connectivity index (χ2v) is 17.5. The molecule has 0 heterocycles. The number of hydrogen-bond donors (Lipinski definition) is 7. The topological polar surface area (TPSA) is 287 Å². The van der Waals surface area contributed by atoms with E-state index in [0.717, 1.165) is 94.4 Å². The van der Waals surface area contributed by atoms with Crippen LogP contribution in [0.5, 0.6) is 0 Å². The summed E-state index contributed by atoms with van der Waals surface area (Å²) in [5.41, 5.74) is 6.55. The number of rotatable bonds is 11. The predicted octanol–water partition coefficient (Wildman–Crippen LogP) is 3.09. The first-order chi connectivity index (χ1) is 27.8. The summed E-state index contributed by atoms with van der Waals surface area (Å²) < 4.78 is 9.67. The number of nitrogens with two attached hydrogens (primary N) is 1. The standard InChI is InChI=1S/C14H18N2O.C9H15NO4.C9H17NO2.C6H10O2.C6H12.CH4O.CH4.K.Na.2H2O/c1-2-4-11-5-7-12(8-6-11)16-13(17)14(15)9-3-10-14;1-2-6-14-8(13)10-9(7(11)12)4-3-5-9;1-3-7-12-8(11)10-9(2)5-4-6-9;1-6(5(7)8)3-2-4-6;1-6(2)4-3-5-6;1-2;;;;;/h2,4-8H,3,9-10,15H2,1H3,(H,16,17);2-6H2,1H3,(H,10,13)(H,11,12);3-7H2,1-2H3,(H,10,11);2-4H2,1H3,(H,7,8);3-5H2,1-2H3;2H,1H3;1H4;;;2*1H2/q;;;;;;;2*+1;;/p-2/b4-2+;;;;;;;;;;. The minimum Gasteiger partial charge on any atom is -0.870 e. The van der Waals surface area contributed by atoms with E-state index < -0.39 is 29.1 Å². The summed E-state index contributed by atoms with van der Waals surface area (Å²) in [6, 6.07) is 7.74. The molecule has 16 nitrogen and oxygen atoms in total. The van der Waals surface area contributed by atoms with Gasteiger partial charge in [-0.05, 0) is 140 Å². The molecule has 5 aliphatic carbocycles. The van der Waals surface area contributed by atoms with Gasteiger partial charge in [-0.2, -0.15) is 0 Å². The third-order valence-corrected chi connectivity index (χ3v) is 11.6. The molecule has 5 aliphatic rings. The summed E-state index contributed by atoms with van der Waals surface area (Å²) in [4.78, 5) is 55.2. The van der Waals surface area contributed by atoms with Gasteiger partial charge in [-0.3, -0.25) is 9.59 Å². The molecule has 64 heavy (non-hydrogen) atoms. The molecule has 0 saturated heterocycles. The molecular weight excluding hydrogens is 863 g/mol. The molecule has 6 rings (SSSR count). The first-order valence-electron chi connectivity index (χ1n) is 21.4. The van der Waals surface area contributed by atoms with E-state index in [1.165, 1.54) is 25.7 Å². The summed E-state index contributed by atoms with van der Waals surface area (Å²) in [5, 5.41) is 32.5. The Balaban J connectivity index is -0.000000227. The van der Waals surface area contributed by atoms with Crippen LogP contribution in [-0.2, 0) is 23.9 Å².